The summed E-state index contributed by atoms with van der Waals surface area (Å²) in [7, 11) is 0. The van der Waals surface area contributed by atoms with E-state index in [2.05, 4.69) is 39.4 Å². The predicted molar refractivity (Wildman–Crippen MR) is 77.6 cm³/mol. The van der Waals surface area contributed by atoms with Crippen molar-refractivity contribution in [1.82, 2.24) is 4.90 Å². The lowest BCUT2D eigenvalue weighted by molar-refractivity contribution is 0.189. The minimum absolute atomic E-state index is 0.264. The van der Waals surface area contributed by atoms with Crippen LogP contribution in [0.5, 0.6) is 0 Å². The lowest BCUT2D eigenvalue weighted by Gasteiger charge is -2.36. The molecule has 3 nitrogen and oxygen atoms in total. The van der Waals surface area contributed by atoms with Gasteiger partial charge in [0.1, 0.15) is 0 Å². The Hall–Kier alpha value is -1.10. The molecule has 0 radical (unpaired) electrons. The highest BCUT2D eigenvalue weighted by atomic mass is 32.1. The van der Waals surface area contributed by atoms with E-state index in [0.29, 0.717) is 0 Å². The zero-order valence-electron chi connectivity index (χ0n) is 10.4. The molecule has 0 aliphatic carbocycles. The Morgan fingerprint density at radius 3 is 2.72 bits per heavy atom. The first-order chi connectivity index (χ1) is 8.88. The second-order valence-electron chi connectivity index (χ2n) is 4.66. The number of thiophene rings is 1. The number of benzene rings is 1. The first kappa shape index (κ1) is 12.0. The van der Waals surface area contributed by atoms with Gasteiger partial charge in [0, 0.05) is 48.5 Å². The molecule has 0 atom stereocenters. The van der Waals surface area contributed by atoms with Crippen LogP contribution < -0.4 is 4.90 Å². The van der Waals surface area contributed by atoms with Crippen LogP contribution >= 0.6 is 11.3 Å². The summed E-state index contributed by atoms with van der Waals surface area (Å²) < 4.78 is 1.37. The summed E-state index contributed by atoms with van der Waals surface area (Å²) in [4.78, 5) is 4.78. The third kappa shape index (κ3) is 2.23. The highest BCUT2D eigenvalue weighted by Crippen LogP contribution is 2.30. The van der Waals surface area contributed by atoms with E-state index < -0.39 is 0 Å². The van der Waals surface area contributed by atoms with Gasteiger partial charge in [-0.3, -0.25) is 4.90 Å². The minimum Gasteiger partial charge on any atom is -0.395 e. The van der Waals surface area contributed by atoms with Crippen LogP contribution in [0, 0.1) is 0 Å². The van der Waals surface area contributed by atoms with E-state index in [1.807, 2.05) is 0 Å². The van der Waals surface area contributed by atoms with Gasteiger partial charge in [-0.05, 0) is 23.6 Å². The number of hydrogen-bond donors (Lipinski definition) is 1. The summed E-state index contributed by atoms with van der Waals surface area (Å²) in [6.07, 6.45) is 0. The Morgan fingerprint density at radius 1 is 1.11 bits per heavy atom. The number of aliphatic hydroxyl groups is 1. The van der Waals surface area contributed by atoms with Gasteiger partial charge in [-0.2, -0.15) is 0 Å². The smallest absolute Gasteiger partial charge is 0.0558 e. The standard InChI is InChI=1S/C14H18N2OS/c17-10-9-15-5-7-16(8-6-15)13-2-1-3-14-12(13)4-11-18-14/h1-4,11,17H,5-10H2. The molecular formula is C14H18N2OS. The number of piperazine rings is 1. The van der Waals surface area contributed by atoms with Gasteiger partial charge < -0.3 is 10.0 Å². The number of rotatable bonds is 3. The fourth-order valence-corrected chi connectivity index (χ4v) is 3.42. The fraction of sp³-hybridized carbons (Fsp3) is 0.429. The number of aliphatic hydroxyl groups excluding tert-OH is 1. The molecule has 1 fully saturated rings. The molecule has 2 aromatic rings. The van der Waals surface area contributed by atoms with E-state index in [4.69, 9.17) is 5.11 Å². The van der Waals surface area contributed by atoms with Crippen molar-refractivity contribution >= 4 is 27.1 Å². The van der Waals surface area contributed by atoms with E-state index >= 15 is 0 Å². The van der Waals surface area contributed by atoms with Crippen molar-refractivity contribution in [3.05, 3.63) is 29.6 Å². The Balaban J connectivity index is 1.78. The predicted octanol–water partition coefficient (Wildman–Crippen LogP) is 2.02. The lowest BCUT2D eigenvalue weighted by atomic mass is 10.2. The topological polar surface area (TPSA) is 26.7 Å². The van der Waals surface area contributed by atoms with Gasteiger partial charge in [-0.1, -0.05) is 6.07 Å². The Morgan fingerprint density at radius 2 is 1.94 bits per heavy atom. The van der Waals surface area contributed by atoms with Crippen LogP contribution in [-0.2, 0) is 0 Å². The van der Waals surface area contributed by atoms with Crippen molar-refractivity contribution in [2.75, 3.05) is 44.2 Å². The number of hydrogen-bond acceptors (Lipinski definition) is 4. The molecule has 2 heterocycles. The van der Waals surface area contributed by atoms with Crippen molar-refractivity contribution in [3.63, 3.8) is 0 Å². The number of nitrogens with zero attached hydrogens (tertiary/aromatic N) is 2. The molecule has 1 aromatic carbocycles. The van der Waals surface area contributed by atoms with Crippen LogP contribution in [0.25, 0.3) is 10.1 Å². The summed E-state index contributed by atoms with van der Waals surface area (Å²) in [5, 5.41) is 12.5. The molecule has 18 heavy (non-hydrogen) atoms. The Kier molecular flexibility index (Phi) is 3.50. The van der Waals surface area contributed by atoms with Gasteiger partial charge in [-0.15, -0.1) is 11.3 Å². The molecule has 0 amide bonds. The van der Waals surface area contributed by atoms with Gasteiger partial charge in [0.2, 0.25) is 0 Å². The number of anilines is 1. The molecule has 3 rings (SSSR count). The van der Waals surface area contributed by atoms with Crippen molar-refractivity contribution in [2.45, 2.75) is 0 Å². The van der Waals surface area contributed by atoms with Gasteiger partial charge in [0.05, 0.1) is 6.61 Å². The SMILES string of the molecule is OCCN1CCN(c2cccc3sccc23)CC1. The lowest BCUT2D eigenvalue weighted by Crippen LogP contribution is -2.47. The summed E-state index contributed by atoms with van der Waals surface area (Å²) in [6, 6.07) is 8.77. The quantitative estimate of drug-likeness (QED) is 0.916. The first-order valence-electron chi connectivity index (χ1n) is 6.43. The third-order valence-corrected chi connectivity index (χ3v) is 4.48. The van der Waals surface area contributed by atoms with Gasteiger partial charge in [-0.25, -0.2) is 0 Å². The molecule has 96 valence electrons. The second-order valence-corrected chi connectivity index (χ2v) is 5.61. The van der Waals surface area contributed by atoms with Gasteiger partial charge in [0.25, 0.3) is 0 Å². The average molecular weight is 262 g/mol. The summed E-state index contributed by atoms with van der Waals surface area (Å²) in [5.74, 6) is 0. The average Bonchev–Trinajstić information content (AvgIpc) is 2.88. The zero-order chi connectivity index (χ0) is 12.4. The highest BCUT2D eigenvalue weighted by molar-refractivity contribution is 7.17. The monoisotopic (exact) mass is 262 g/mol. The maximum absolute atomic E-state index is 8.96. The molecule has 4 heteroatoms. The van der Waals surface area contributed by atoms with E-state index in [0.717, 1.165) is 32.7 Å². The molecule has 1 aliphatic heterocycles. The van der Waals surface area contributed by atoms with Crippen molar-refractivity contribution < 1.29 is 5.11 Å². The summed E-state index contributed by atoms with van der Waals surface area (Å²) in [5.41, 5.74) is 1.36. The molecule has 0 bridgehead atoms. The largest absolute Gasteiger partial charge is 0.395 e. The van der Waals surface area contributed by atoms with Crippen LogP contribution in [-0.4, -0.2) is 49.3 Å². The molecule has 1 aromatic heterocycles. The summed E-state index contributed by atoms with van der Waals surface area (Å²) >= 11 is 1.80. The van der Waals surface area contributed by atoms with Crippen LogP contribution in [0.2, 0.25) is 0 Å². The molecule has 0 saturated carbocycles. The highest BCUT2D eigenvalue weighted by Gasteiger charge is 2.18. The minimum atomic E-state index is 0.264. The second kappa shape index (κ2) is 5.26. The third-order valence-electron chi connectivity index (χ3n) is 3.60. The van der Waals surface area contributed by atoms with E-state index in [1.165, 1.54) is 15.8 Å². The van der Waals surface area contributed by atoms with Crippen molar-refractivity contribution in [2.24, 2.45) is 0 Å². The van der Waals surface area contributed by atoms with E-state index in [1.54, 1.807) is 11.3 Å². The first-order valence-corrected chi connectivity index (χ1v) is 7.31. The fourth-order valence-electron chi connectivity index (χ4n) is 2.61. The molecule has 0 spiro atoms. The number of fused-ring (bicyclic) bond motifs is 1. The van der Waals surface area contributed by atoms with E-state index in [-0.39, 0.29) is 6.61 Å². The van der Waals surface area contributed by atoms with Crippen LogP contribution in [0.1, 0.15) is 0 Å². The Bertz CT molecular complexity index is 517. The van der Waals surface area contributed by atoms with Crippen molar-refractivity contribution in [1.29, 1.82) is 0 Å². The summed E-state index contributed by atoms with van der Waals surface area (Å²) in [6.45, 7) is 5.25. The van der Waals surface area contributed by atoms with E-state index in [9.17, 15) is 0 Å². The van der Waals surface area contributed by atoms with Crippen LogP contribution in [0.3, 0.4) is 0 Å². The molecule has 0 unspecified atom stereocenters. The van der Waals surface area contributed by atoms with Crippen molar-refractivity contribution in [3.8, 4) is 0 Å². The molecule has 1 aliphatic rings. The molecular weight excluding hydrogens is 244 g/mol. The Labute approximate surface area is 111 Å². The molecule has 1 N–H and O–H groups in total. The normalized spacial score (nSPS) is 17.5. The van der Waals surface area contributed by atoms with Crippen LogP contribution in [0.15, 0.2) is 29.6 Å². The van der Waals surface area contributed by atoms with Crippen LogP contribution in [0.4, 0.5) is 5.69 Å². The van der Waals surface area contributed by atoms with Gasteiger partial charge in [0.15, 0.2) is 0 Å². The maximum atomic E-state index is 8.96. The maximum Gasteiger partial charge on any atom is 0.0558 e. The van der Waals surface area contributed by atoms with Gasteiger partial charge >= 0.3 is 0 Å². The number of β-amino-alcohol motifs (C(OH)–C–C–N with tert-alkyl or cyclic N) is 1. The molecule has 1 saturated heterocycles. The zero-order valence-corrected chi connectivity index (χ0v) is 11.2.